The maximum absolute atomic E-state index is 14.6. The summed E-state index contributed by atoms with van der Waals surface area (Å²) in [6.07, 6.45) is -16.0. The first kappa shape index (κ1) is 68.0. The highest BCUT2D eigenvalue weighted by atomic mass is 16.6. The molecule has 2 aliphatic heterocycles. The lowest BCUT2D eigenvalue weighted by atomic mass is 9.89. The molecule has 14 N–H and O–H groups in total. The van der Waals surface area contributed by atoms with E-state index in [4.69, 9.17) is 28.4 Å². The predicted molar refractivity (Wildman–Crippen MR) is 311 cm³/mol. The second-order valence-electron chi connectivity index (χ2n) is 21.9. The van der Waals surface area contributed by atoms with E-state index in [2.05, 4.69) is 21.3 Å². The van der Waals surface area contributed by atoms with Crippen LogP contribution in [0.3, 0.4) is 0 Å². The summed E-state index contributed by atoms with van der Waals surface area (Å²) >= 11 is 0. The van der Waals surface area contributed by atoms with Crippen LogP contribution in [0.25, 0.3) is 0 Å². The van der Waals surface area contributed by atoms with Crippen LogP contribution in [0.15, 0.2) is 60.7 Å². The molecule has 0 aromatic heterocycles. The van der Waals surface area contributed by atoms with Crippen molar-refractivity contribution in [2.45, 2.75) is 165 Å². The number of carboxylic acids is 2. The summed E-state index contributed by atoms with van der Waals surface area (Å²) in [4.78, 5) is 81.6. The summed E-state index contributed by atoms with van der Waals surface area (Å²) < 4.78 is 37.2. The topological polar surface area (TPSA) is 408 Å². The molecule has 4 amide bonds. The molecule has 26 nitrogen and oxygen atoms in total. The molecule has 4 aromatic carbocycles. The van der Waals surface area contributed by atoms with Gasteiger partial charge in [-0.25, -0.2) is 9.59 Å². The van der Waals surface area contributed by atoms with E-state index in [-0.39, 0.29) is 63.2 Å². The van der Waals surface area contributed by atoms with Gasteiger partial charge in [-0.2, -0.15) is 0 Å². The van der Waals surface area contributed by atoms with E-state index in [0.29, 0.717) is 93.2 Å². The van der Waals surface area contributed by atoms with Gasteiger partial charge in [0.1, 0.15) is 83.9 Å². The fourth-order valence-electron chi connectivity index (χ4n) is 10.6. The molecule has 0 spiro atoms. The summed E-state index contributed by atoms with van der Waals surface area (Å²) in [5.74, 6) is -5.24. The summed E-state index contributed by atoms with van der Waals surface area (Å²) in [7, 11) is 0. The molecular weight excluding hydrogens is 1150 g/mol. The number of fused-ring (bicyclic) bond motifs is 8. The smallest absolute Gasteiger partial charge is 0.326 e. The van der Waals surface area contributed by atoms with Crippen LogP contribution >= 0.6 is 0 Å². The third-order valence-electron chi connectivity index (χ3n) is 15.1. The Kier molecular flexibility index (Phi) is 24.4. The number of benzene rings is 4. The summed E-state index contributed by atoms with van der Waals surface area (Å²) in [6, 6.07) is 13.5. The molecule has 7 rings (SSSR count). The number of hydrogen-bond donors (Lipinski definition) is 14. The van der Waals surface area contributed by atoms with Crippen molar-refractivity contribution in [3.05, 3.63) is 116 Å². The molecule has 2 fully saturated rings. The number of para-hydroxylation sites is 2. The quantitative estimate of drug-likeness (QED) is 0.0358. The molecule has 0 radical (unpaired) electrons. The lowest BCUT2D eigenvalue weighted by molar-refractivity contribution is -0.236. The summed E-state index contributed by atoms with van der Waals surface area (Å²) in [5.41, 5.74) is 4.45. The van der Waals surface area contributed by atoms with E-state index in [1.807, 2.05) is 64.1 Å². The summed E-state index contributed by atoms with van der Waals surface area (Å²) in [5, 5.41) is 112. The number of aliphatic carboxylic acids is 2. The third kappa shape index (κ3) is 16.6. The number of carboxylic acid groups (broad SMARTS) is 2. The number of hydrogen-bond acceptors (Lipinski definition) is 20. The van der Waals surface area contributed by atoms with Crippen LogP contribution in [0.4, 0.5) is 0 Å². The van der Waals surface area contributed by atoms with Gasteiger partial charge in [0.15, 0.2) is 12.5 Å². The minimum atomic E-state index is -1.86. The highest BCUT2D eigenvalue weighted by molar-refractivity contribution is 5.99. The molecule has 0 saturated carbocycles. The lowest BCUT2D eigenvalue weighted by Gasteiger charge is -2.40. The average molecular weight is 1230 g/mol. The number of carbonyl (C=O) groups is 6. The molecule has 2 unspecified atom stereocenters. The Morgan fingerprint density at radius 2 is 0.739 bits per heavy atom. The van der Waals surface area contributed by atoms with Crippen LogP contribution in [-0.2, 0) is 54.3 Å². The standard InChI is InChI=1S/C62H80N4O22/c1-5-15-83-53-31-11-9-12-32(53)20-36-24-40(58(78)64-42(62(81)82)28-46(70)66-60-52(76)50(74)48(72)44(30-68)88-60)26-38(56(36)86-18-8-4)22-34-14-10-13-33(54(34)84-16-6-2)21-37-25-39(23-35(19-31)55(37)85-17-7-3)57(77)63-41(61(79)80)27-45(69)65-59-51(75)49(73)47(71)43(29-67)87-59/h9-14,23-26,41-44,47-52,59-60,67-68,71-76H,5-8,15-22,27-30H2,1-4H3,(H,63,77)(H,64,78)(H,65,69)(H,66,70)(H,79,80)(H,81,82)/t41?,42?,43-,44-,47-,48-,49+,50+,51-,52-,59-,60-/m1/s1. The summed E-state index contributed by atoms with van der Waals surface area (Å²) in [6.45, 7) is 7.16. The molecule has 3 aliphatic rings. The Balaban J connectivity index is 1.32. The van der Waals surface area contributed by atoms with Gasteiger partial charge >= 0.3 is 11.9 Å². The van der Waals surface area contributed by atoms with E-state index in [9.17, 15) is 79.8 Å². The zero-order valence-electron chi connectivity index (χ0n) is 49.4. The first-order valence-corrected chi connectivity index (χ1v) is 29.5. The second kappa shape index (κ2) is 31.6. The van der Waals surface area contributed by atoms with Gasteiger partial charge in [0.25, 0.3) is 11.8 Å². The number of nitrogens with one attached hydrogen (secondary N) is 4. The van der Waals surface area contributed by atoms with E-state index in [1.165, 1.54) is 0 Å². The number of aliphatic hydroxyl groups excluding tert-OH is 8. The highest BCUT2D eigenvalue weighted by Gasteiger charge is 2.46. The fraction of sp³-hybridized carbons (Fsp3) is 0.516. The van der Waals surface area contributed by atoms with Gasteiger partial charge < -0.3 is 101 Å². The molecule has 1 aliphatic carbocycles. The molecule has 26 heteroatoms. The van der Waals surface area contributed by atoms with Crippen LogP contribution < -0.4 is 40.2 Å². The number of rotatable bonds is 26. The zero-order chi connectivity index (χ0) is 63.9. The Labute approximate surface area is 507 Å². The van der Waals surface area contributed by atoms with Crippen molar-refractivity contribution in [1.82, 2.24) is 21.3 Å². The van der Waals surface area contributed by atoms with Gasteiger partial charge in [0, 0.05) is 36.8 Å². The number of carbonyl (C=O) groups excluding carboxylic acids is 4. The average Bonchev–Trinajstić information content (AvgIpc) is 1.04. The lowest BCUT2D eigenvalue weighted by Crippen LogP contribution is -2.63. The molecule has 88 heavy (non-hydrogen) atoms. The molecule has 12 atom stereocenters. The maximum Gasteiger partial charge on any atom is 0.326 e. The van der Waals surface area contributed by atoms with Crippen molar-refractivity contribution in [3.8, 4) is 23.0 Å². The van der Waals surface area contributed by atoms with Gasteiger partial charge in [-0.05, 0) is 94.5 Å². The van der Waals surface area contributed by atoms with Crippen LogP contribution in [0.2, 0.25) is 0 Å². The van der Waals surface area contributed by atoms with Crippen LogP contribution in [0.5, 0.6) is 23.0 Å². The molecule has 2 heterocycles. The Hall–Kier alpha value is -7.50. The van der Waals surface area contributed by atoms with Gasteiger partial charge in [-0.3, -0.25) is 19.2 Å². The number of aliphatic hydroxyl groups is 8. The van der Waals surface area contributed by atoms with Crippen molar-refractivity contribution < 1.29 is 108 Å². The molecule has 8 bridgehead atoms. The normalized spacial score (nSPS) is 23.1. The molecule has 480 valence electrons. The van der Waals surface area contributed by atoms with Gasteiger partial charge in [0.2, 0.25) is 11.8 Å². The van der Waals surface area contributed by atoms with E-state index >= 15 is 0 Å². The van der Waals surface area contributed by atoms with Crippen molar-refractivity contribution in [2.75, 3.05) is 39.6 Å². The number of ether oxygens (including phenoxy) is 6. The highest BCUT2D eigenvalue weighted by Crippen LogP contribution is 2.40. The fourth-order valence-corrected chi connectivity index (χ4v) is 10.6. The maximum atomic E-state index is 14.6. The molecular formula is C62H80N4O22. The Morgan fingerprint density at radius 3 is 1.00 bits per heavy atom. The SMILES string of the molecule is CCCOc1c2cccc1Cc1cc(C(=O)NC(CC(=O)N[C@@H]3O[C@H](CO)[C@@H](O)[C@H](O)[C@H]3O)C(=O)O)cc(c1OCCC)Cc1cccc(c1OCCC)Cc1cc(C(=O)NC(CC(=O)N[C@@H]3O[C@H](CO)[C@@H](O)[C@H](O)[C@H]3O)C(=O)O)cc(c1OCCC)C2. The first-order valence-electron chi connectivity index (χ1n) is 29.5. The second-order valence-corrected chi connectivity index (χ2v) is 21.9. The van der Waals surface area contributed by atoms with Crippen LogP contribution in [-0.4, -0.2) is 200 Å². The van der Waals surface area contributed by atoms with Crippen molar-refractivity contribution in [1.29, 1.82) is 0 Å². The van der Waals surface area contributed by atoms with E-state index < -0.39 is 135 Å². The van der Waals surface area contributed by atoms with Gasteiger partial charge in [0.05, 0.1) is 52.5 Å². The molecule has 4 aromatic rings. The molecule has 2 saturated heterocycles. The Bertz CT molecular complexity index is 2810. The predicted octanol–water partition coefficient (Wildman–Crippen LogP) is 0.497. The van der Waals surface area contributed by atoms with E-state index in [0.717, 1.165) is 0 Å². The van der Waals surface area contributed by atoms with Gasteiger partial charge in [-0.15, -0.1) is 0 Å². The van der Waals surface area contributed by atoms with Gasteiger partial charge in [-0.1, -0.05) is 64.1 Å². The minimum absolute atomic E-state index is 0.00649. The number of amides is 4. The monoisotopic (exact) mass is 1230 g/mol. The zero-order valence-corrected chi connectivity index (χ0v) is 49.4. The minimum Gasteiger partial charge on any atom is -0.493 e. The largest absolute Gasteiger partial charge is 0.493 e. The van der Waals surface area contributed by atoms with Crippen LogP contribution in [0.1, 0.15) is 131 Å². The van der Waals surface area contributed by atoms with E-state index in [1.54, 1.807) is 24.3 Å². The van der Waals surface area contributed by atoms with Crippen molar-refractivity contribution in [3.63, 3.8) is 0 Å². The first-order chi connectivity index (χ1) is 42.1. The Morgan fingerprint density at radius 1 is 0.455 bits per heavy atom. The van der Waals surface area contributed by atoms with Crippen molar-refractivity contribution in [2.24, 2.45) is 0 Å². The van der Waals surface area contributed by atoms with Crippen LogP contribution in [0, 0.1) is 0 Å². The van der Waals surface area contributed by atoms with Crippen molar-refractivity contribution >= 4 is 35.6 Å². The third-order valence-corrected chi connectivity index (χ3v) is 15.1.